The van der Waals surface area contributed by atoms with Gasteiger partial charge in [-0.3, -0.25) is 14.5 Å². The maximum atomic E-state index is 13.4. The van der Waals surface area contributed by atoms with Gasteiger partial charge in [-0.2, -0.15) is 0 Å². The predicted molar refractivity (Wildman–Crippen MR) is 124 cm³/mol. The number of carboxylic acid groups (broad SMARTS) is 2. The number of carbonyl (C=O) groups excluding carboxylic acids is 2. The van der Waals surface area contributed by atoms with E-state index in [1.54, 1.807) is 17.4 Å². The Morgan fingerprint density at radius 1 is 1.05 bits per heavy atom. The van der Waals surface area contributed by atoms with Crippen molar-refractivity contribution in [3.63, 3.8) is 0 Å². The number of hydrogen-bond acceptors (Lipinski definition) is 5. The Morgan fingerprint density at radius 3 is 2.35 bits per heavy atom. The third kappa shape index (κ3) is 9.01. The largest absolute Gasteiger partial charge is 1.00 e. The van der Waals surface area contributed by atoms with Crippen molar-refractivity contribution in [1.29, 1.82) is 0 Å². The number of carboxylic acids is 2. The molecule has 3 atom stereocenters. The van der Waals surface area contributed by atoms with Crippen molar-refractivity contribution >= 4 is 29.5 Å². The minimum Gasteiger partial charge on any atom is -1.00 e. The lowest BCUT2D eigenvalue weighted by molar-refractivity contribution is -0.699. The molecule has 3 rings (SSSR count). The molecule has 7 N–H and O–H groups in total. The van der Waals surface area contributed by atoms with Crippen LogP contribution in [-0.2, 0) is 36.8 Å². The zero-order valence-electron chi connectivity index (χ0n) is 20.1. The molecule has 0 fully saturated rings. The van der Waals surface area contributed by atoms with Crippen LogP contribution in [0.1, 0.15) is 24.0 Å². The molecule has 202 valence electrons. The SMILES string of the molecule is [Cl-].[Cl-].[NH3+][C@@H](COC(=O)[C@H](CCc1ccccc1)[NH2+][C@@H]1CCc2ccccc2N(CC(=O)O)C1=O)C(=O)O. The van der Waals surface area contributed by atoms with Gasteiger partial charge in [0.2, 0.25) is 6.04 Å². The summed E-state index contributed by atoms with van der Waals surface area (Å²) in [7, 11) is 0. The number of esters is 1. The topological polar surface area (TPSA) is 165 Å². The van der Waals surface area contributed by atoms with Gasteiger partial charge < -0.3 is 50.8 Å². The van der Waals surface area contributed by atoms with E-state index in [2.05, 4.69) is 5.73 Å². The molecule has 0 bridgehead atoms. The summed E-state index contributed by atoms with van der Waals surface area (Å²) in [5, 5.41) is 20.1. The van der Waals surface area contributed by atoms with Crippen LogP contribution in [0.2, 0.25) is 0 Å². The molecule has 0 saturated carbocycles. The molecule has 12 heteroatoms. The summed E-state index contributed by atoms with van der Waals surface area (Å²) in [4.78, 5) is 50.2. The van der Waals surface area contributed by atoms with Crippen LogP contribution in [0.4, 0.5) is 5.69 Å². The lowest BCUT2D eigenvalue weighted by atomic mass is 10.0. The van der Waals surface area contributed by atoms with Crippen molar-refractivity contribution in [1.82, 2.24) is 0 Å². The second kappa shape index (κ2) is 15.2. The molecule has 1 amide bonds. The number of amides is 1. The highest BCUT2D eigenvalue weighted by molar-refractivity contribution is 6.01. The molecule has 0 unspecified atom stereocenters. The maximum Gasteiger partial charge on any atom is 0.366 e. The first-order valence-corrected chi connectivity index (χ1v) is 11.5. The number of fused-ring (bicyclic) bond motifs is 1. The molecular formula is C25H31Cl2N3O7. The molecule has 10 nitrogen and oxygen atoms in total. The van der Waals surface area contributed by atoms with Crippen molar-refractivity contribution in [2.24, 2.45) is 0 Å². The van der Waals surface area contributed by atoms with E-state index in [-0.39, 0.29) is 31.4 Å². The molecule has 37 heavy (non-hydrogen) atoms. The third-order valence-corrected chi connectivity index (χ3v) is 6.01. The number of carbonyl (C=O) groups is 4. The average molecular weight is 556 g/mol. The first-order valence-electron chi connectivity index (χ1n) is 11.5. The molecule has 2 aromatic carbocycles. The monoisotopic (exact) mass is 555 g/mol. The fraction of sp³-hybridized carbons (Fsp3) is 0.360. The van der Waals surface area contributed by atoms with Crippen molar-refractivity contribution < 1.29 is 70.0 Å². The smallest absolute Gasteiger partial charge is 0.366 e. The molecule has 1 aliphatic rings. The highest BCUT2D eigenvalue weighted by atomic mass is 35.5. The van der Waals surface area contributed by atoms with Crippen molar-refractivity contribution in [2.75, 3.05) is 18.1 Å². The molecule has 1 aliphatic heterocycles. The number of hydrogen-bond donors (Lipinski definition) is 4. The highest BCUT2D eigenvalue weighted by Gasteiger charge is 2.38. The van der Waals surface area contributed by atoms with E-state index >= 15 is 0 Å². The Hall–Kier alpha value is -3.18. The zero-order chi connectivity index (χ0) is 25.4. The molecule has 0 spiro atoms. The number of benzene rings is 2. The summed E-state index contributed by atoms with van der Waals surface area (Å²) in [6.45, 7) is -0.861. The summed E-state index contributed by atoms with van der Waals surface area (Å²) in [6, 6.07) is 14.1. The third-order valence-electron chi connectivity index (χ3n) is 6.01. The Kier molecular flexibility index (Phi) is 13.0. The number of rotatable bonds is 11. The second-order valence-electron chi connectivity index (χ2n) is 8.58. The summed E-state index contributed by atoms with van der Waals surface area (Å²) < 4.78 is 5.24. The number of aryl methyl sites for hydroxylation is 2. The van der Waals surface area contributed by atoms with Crippen molar-refractivity contribution in [3.8, 4) is 0 Å². The lowest BCUT2D eigenvalue weighted by Gasteiger charge is -2.25. The van der Waals surface area contributed by atoms with Gasteiger partial charge in [-0.05, 0) is 30.0 Å². The van der Waals surface area contributed by atoms with Crippen molar-refractivity contribution in [2.45, 2.75) is 43.8 Å². The van der Waals surface area contributed by atoms with Crippen LogP contribution in [0.25, 0.3) is 0 Å². The van der Waals surface area contributed by atoms with Gasteiger partial charge in [0.05, 0.1) is 0 Å². The van der Waals surface area contributed by atoms with E-state index in [0.717, 1.165) is 11.1 Å². The number of halogens is 2. The Labute approximate surface area is 227 Å². The van der Waals surface area contributed by atoms with Crippen LogP contribution in [0.15, 0.2) is 54.6 Å². The quantitative estimate of drug-likeness (QED) is 0.200. The van der Waals surface area contributed by atoms with E-state index in [1.807, 2.05) is 42.5 Å². The summed E-state index contributed by atoms with van der Waals surface area (Å²) in [5.74, 6) is -3.33. The number of quaternary nitrogens is 2. The first kappa shape index (κ1) is 31.8. The zero-order valence-corrected chi connectivity index (χ0v) is 21.6. The van der Waals surface area contributed by atoms with Gasteiger partial charge in [0.1, 0.15) is 6.54 Å². The molecular weight excluding hydrogens is 525 g/mol. The maximum absolute atomic E-state index is 13.4. The lowest BCUT2D eigenvalue weighted by Crippen LogP contribution is -3.00. The highest BCUT2D eigenvalue weighted by Crippen LogP contribution is 2.26. The van der Waals surface area contributed by atoms with Crippen LogP contribution in [0, 0.1) is 0 Å². The van der Waals surface area contributed by atoms with E-state index in [9.17, 15) is 24.3 Å². The fourth-order valence-electron chi connectivity index (χ4n) is 4.12. The van der Waals surface area contributed by atoms with Crippen LogP contribution in [0.3, 0.4) is 0 Å². The van der Waals surface area contributed by atoms with Gasteiger partial charge in [0.15, 0.2) is 18.7 Å². The van der Waals surface area contributed by atoms with Crippen LogP contribution >= 0.6 is 0 Å². The summed E-state index contributed by atoms with van der Waals surface area (Å²) in [6.07, 6.45) is 1.85. The molecule has 2 aromatic rings. The Balaban J connectivity index is 0.00000342. The first-order chi connectivity index (χ1) is 16.8. The average Bonchev–Trinajstić information content (AvgIpc) is 2.97. The van der Waals surface area contributed by atoms with Crippen LogP contribution < -0.4 is 40.8 Å². The summed E-state index contributed by atoms with van der Waals surface area (Å²) >= 11 is 0. The molecule has 0 aliphatic carbocycles. The number of nitrogens with zero attached hydrogens (tertiary/aromatic N) is 1. The van der Waals surface area contributed by atoms with Gasteiger partial charge in [0.25, 0.3) is 5.91 Å². The normalized spacial score (nSPS) is 16.2. The number of anilines is 1. The molecule has 0 aromatic heterocycles. The minimum absolute atomic E-state index is 0. The predicted octanol–water partition coefficient (Wildman–Crippen LogP) is -6.77. The van der Waals surface area contributed by atoms with E-state index in [4.69, 9.17) is 9.84 Å². The van der Waals surface area contributed by atoms with Gasteiger partial charge in [-0.1, -0.05) is 48.5 Å². The van der Waals surface area contributed by atoms with E-state index in [0.29, 0.717) is 31.4 Å². The summed E-state index contributed by atoms with van der Waals surface area (Å²) in [5.41, 5.74) is 5.89. The van der Waals surface area contributed by atoms with Crippen LogP contribution in [-0.4, -0.2) is 65.3 Å². The number of para-hydroxylation sites is 1. The van der Waals surface area contributed by atoms with Gasteiger partial charge in [0, 0.05) is 18.5 Å². The molecule has 1 heterocycles. The van der Waals surface area contributed by atoms with Gasteiger partial charge in [-0.25, -0.2) is 9.59 Å². The minimum atomic E-state index is -1.18. The number of nitrogens with two attached hydrogens (primary N) is 1. The van der Waals surface area contributed by atoms with E-state index < -0.39 is 48.5 Å². The number of aliphatic carboxylic acids is 2. The standard InChI is InChI=1S/C25H29N3O7.2ClH/c26-18(24(32)33)15-35-25(34)20(12-10-16-6-2-1-3-7-16)27-19-13-11-17-8-4-5-9-21(17)28(23(19)31)14-22(29)30;;/h1-9,18-20,27H,10-15,26H2,(H,29,30)(H,32,33);2*1H/t18-,19+,20-;;/m0../s1. The Morgan fingerprint density at radius 2 is 1.70 bits per heavy atom. The van der Waals surface area contributed by atoms with Crippen LogP contribution in [0.5, 0.6) is 0 Å². The van der Waals surface area contributed by atoms with Gasteiger partial charge >= 0.3 is 17.9 Å². The van der Waals surface area contributed by atoms with Gasteiger partial charge in [-0.15, -0.1) is 0 Å². The number of ether oxygens (including phenoxy) is 1. The van der Waals surface area contributed by atoms with E-state index in [1.165, 1.54) is 4.90 Å². The Bertz CT molecular complexity index is 1070. The molecule has 0 radical (unpaired) electrons. The second-order valence-corrected chi connectivity index (χ2v) is 8.58. The van der Waals surface area contributed by atoms with Crippen molar-refractivity contribution in [3.05, 3.63) is 65.7 Å². The molecule has 0 saturated heterocycles. The fourth-order valence-corrected chi connectivity index (χ4v) is 4.12.